The van der Waals surface area contributed by atoms with Gasteiger partial charge in [-0.3, -0.25) is 9.78 Å². The van der Waals surface area contributed by atoms with Crippen LogP contribution in [-0.2, 0) is 0 Å². The summed E-state index contributed by atoms with van der Waals surface area (Å²) in [5, 5.41) is -0.129. The van der Waals surface area contributed by atoms with Gasteiger partial charge in [0.05, 0.1) is 12.4 Å². The first-order valence-electron chi connectivity index (χ1n) is 5.95. The number of aromatic nitrogens is 1. The van der Waals surface area contributed by atoms with Crippen LogP contribution in [0, 0.1) is 0 Å². The molecule has 0 radical (unpaired) electrons. The number of carbonyl (C=O) groups excluding carboxylic acids is 1. The minimum absolute atomic E-state index is 0.115. The summed E-state index contributed by atoms with van der Waals surface area (Å²) in [6, 6.07) is 11.0. The van der Waals surface area contributed by atoms with Gasteiger partial charge >= 0.3 is 0 Å². The number of ketones is 1. The van der Waals surface area contributed by atoms with Gasteiger partial charge in [-0.15, -0.1) is 11.8 Å². The van der Waals surface area contributed by atoms with E-state index in [0.29, 0.717) is 5.56 Å². The number of rotatable bonds is 5. The second-order valence-corrected chi connectivity index (χ2v) is 5.45. The van der Waals surface area contributed by atoms with Gasteiger partial charge in [0.2, 0.25) is 0 Å². The molecule has 1 aromatic heterocycles. The van der Waals surface area contributed by atoms with E-state index in [9.17, 15) is 4.79 Å². The number of Topliss-reactive ketones (excluding diaryl/α,β-unsaturated/α-hetero) is 1. The van der Waals surface area contributed by atoms with Crippen molar-refractivity contribution in [1.29, 1.82) is 0 Å². The van der Waals surface area contributed by atoms with E-state index in [4.69, 9.17) is 4.74 Å². The quantitative estimate of drug-likeness (QED) is 0.618. The van der Waals surface area contributed by atoms with Gasteiger partial charge in [-0.1, -0.05) is 0 Å². The molecule has 0 aliphatic heterocycles. The van der Waals surface area contributed by atoms with Crippen LogP contribution in [0.15, 0.2) is 53.7 Å². The molecule has 1 atom stereocenters. The second kappa shape index (κ2) is 6.38. The van der Waals surface area contributed by atoms with Crippen LogP contribution in [0.3, 0.4) is 0 Å². The number of thioether (sulfide) groups is 1. The molecular weight excluding hydrogens is 258 g/mol. The largest absolute Gasteiger partial charge is 0.497 e. The molecule has 1 heterocycles. The molecule has 4 heteroatoms. The van der Waals surface area contributed by atoms with Gasteiger partial charge in [0.15, 0.2) is 5.78 Å². The summed E-state index contributed by atoms with van der Waals surface area (Å²) >= 11 is 1.54. The second-order valence-electron chi connectivity index (χ2n) is 4.04. The number of hydrogen-bond acceptors (Lipinski definition) is 4. The van der Waals surface area contributed by atoms with Crippen molar-refractivity contribution in [2.75, 3.05) is 7.11 Å². The molecule has 0 spiro atoms. The van der Waals surface area contributed by atoms with Gasteiger partial charge in [0.1, 0.15) is 5.75 Å². The number of pyridine rings is 1. The van der Waals surface area contributed by atoms with E-state index in [2.05, 4.69) is 4.98 Å². The molecule has 1 aromatic carbocycles. The molecule has 98 valence electrons. The fraction of sp³-hybridized carbons (Fsp3) is 0.200. The van der Waals surface area contributed by atoms with E-state index < -0.39 is 0 Å². The topological polar surface area (TPSA) is 39.2 Å². The molecule has 0 fully saturated rings. The fourth-order valence-corrected chi connectivity index (χ4v) is 2.59. The Morgan fingerprint density at radius 2 is 1.79 bits per heavy atom. The predicted octanol–water partition coefficient (Wildman–Crippen LogP) is 3.45. The van der Waals surface area contributed by atoms with Gasteiger partial charge in [-0.05, 0) is 43.3 Å². The van der Waals surface area contributed by atoms with E-state index in [1.54, 1.807) is 43.8 Å². The highest BCUT2D eigenvalue weighted by Crippen LogP contribution is 2.25. The zero-order valence-electron chi connectivity index (χ0n) is 10.9. The number of ether oxygens (including phenoxy) is 1. The highest BCUT2D eigenvalue weighted by Gasteiger charge is 2.16. The molecule has 0 saturated carbocycles. The minimum atomic E-state index is -0.129. The van der Waals surface area contributed by atoms with Gasteiger partial charge in [-0.25, -0.2) is 0 Å². The third kappa shape index (κ3) is 3.58. The lowest BCUT2D eigenvalue weighted by Crippen LogP contribution is -2.13. The van der Waals surface area contributed by atoms with Crippen molar-refractivity contribution in [3.8, 4) is 5.75 Å². The van der Waals surface area contributed by atoms with E-state index >= 15 is 0 Å². The standard InChI is InChI=1S/C15H15NO2S/c1-11(19-14-7-9-16-10-8-14)15(17)12-3-5-13(18-2)6-4-12/h3-11H,1-2H3. The first-order chi connectivity index (χ1) is 9.20. The zero-order valence-corrected chi connectivity index (χ0v) is 11.7. The van der Waals surface area contributed by atoms with E-state index in [1.165, 1.54) is 11.8 Å². The Balaban J connectivity index is 2.06. The maximum absolute atomic E-state index is 12.3. The lowest BCUT2D eigenvalue weighted by Gasteiger charge is -2.10. The third-order valence-electron chi connectivity index (χ3n) is 2.71. The fourth-order valence-electron chi connectivity index (χ4n) is 1.66. The van der Waals surface area contributed by atoms with Crippen molar-refractivity contribution in [2.45, 2.75) is 17.1 Å². The van der Waals surface area contributed by atoms with E-state index in [-0.39, 0.29) is 11.0 Å². The molecule has 3 nitrogen and oxygen atoms in total. The molecule has 0 saturated heterocycles. The number of carbonyl (C=O) groups is 1. The van der Waals surface area contributed by atoms with Crippen LogP contribution < -0.4 is 4.74 Å². The van der Waals surface area contributed by atoms with Crippen LogP contribution in [0.1, 0.15) is 17.3 Å². The Labute approximate surface area is 117 Å². The predicted molar refractivity (Wildman–Crippen MR) is 76.9 cm³/mol. The lowest BCUT2D eigenvalue weighted by molar-refractivity contribution is 0.0994. The summed E-state index contributed by atoms with van der Waals surface area (Å²) in [5.41, 5.74) is 0.704. The Bertz CT molecular complexity index is 540. The molecule has 0 N–H and O–H groups in total. The average molecular weight is 273 g/mol. The number of methoxy groups -OCH3 is 1. The Morgan fingerprint density at radius 1 is 1.16 bits per heavy atom. The van der Waals surface area contributed by atoms with Crippen molar-refractivity contribution in [2.24, 2.45) is 0 Å². The Hall–Kier alpha value is -1.81. The number of hydrogen-bond donors (Lipinski definition) is 0. The van der Waals surface area contributed by atoms with Crippen molar-refractivity contribution in [1.82, 2.24) is 4.98 Å². The lowest BCUT2D eigenvalue weighted by atomic mass is 10.1. The van der Waals surface area contributed by atoms with Crippen LogP contribution in [0.5, 0.6) is 5.75 Å². The van der Waals surface area contributed by atoms with E-state index in [1.807, 2.05) is 19.1 Å². The SMILES string of the molecule is COc1ccc(C(=O)C(C)Sc2ccncc2)cc1. The van der Waals surface area contributed by atoms with Gasteiger partial charge in [0.25, 0.3) is 0 Å². The molecule has 2 aromatic rings. The number of nitrogens with zero attached hydrogens (tertiary/aromatic N) is 1. The van der Waals surface area contributed by atoms with Crippen LogP contribution in [0.2, 0.25) is 0 Å². The summed E-state index contributed by atoms with van der Waals surface area (Å²) in [6.45, 7) is 1.91. The van der Waals surface area contributed by atoms with Crippen molar-refractivity contribution in [3.05, 3.63) is 54.4 Å². The summed E-state index contributed by atoms with van der Waals surface area (Å²) in [4.78, 5) is 17.3. The first-order valence-corrected chi connectivity index (χ1v) is 6.83. The van der Waals surface area contributed by atoms with E-state index in [0.717, 1.165) is 10.6 Å². The zero-order chi connectivity index (χ0) is 13.7. The average Bonchev–Trinajstić information content (AvgIpc) is 2.47. The first kappa shape index (κ1) is 13.6. The molecule has 0 bridgehead atoms. The molecule has 0 aliphatic carbocycles. The maximum Gasteiger partial charge on any atom is 0.175 e. The Kier molecular flexibility index (Phi) is 4.58. The third-order valence-corrected chi connectivity index (χ3v) is 3.82. The summed E-state index contributed by atoms with van der Waals surface area (Å²) in [5.74, 6) is 0.871. The summed E-state index contributed by atoms with van der Waals surface area (Å²) < 4.78 is 5.08. The normalized spacial score (nSPS) is 11.9. The minimum Gasteiger partial charge on any atom is -0.497 e. The smallest absolute Gasteiger partial charge is 0.175 e. The van der Waals surface area contributed by atoms with Gasteiger partial charge in [0, 0.05) is 22.9 Å². The van der Waals surface area contributed by atoms with Crippen LogP contribution in [-0.4, -0.2) is 23.1 Å². The van der Waals surface area contributed by atoms with Crippen LogP contribution in [0.25, 0.3) is 0 Å². The molecule has 2 rings (SSSR count). The van der Waals surface area contributed by atoms with Crippen molar-refractivity contribution >= 4 is 17.5 Å². The number of benzene rings is 1. The summed E-state index contributed by atoms with van der Waals surface area (Å²) in [6.07, 6.45) is 3.46. The monoisotopic (exact) mass is 273 g/mol. The highest BCUT2D eigenvalue weighted by molar-refractivity contribution is 8.00. The molecule has 0 amide bonds. The maximum atomic E-state index is 12.3. The molecule has 0 aliphatic rings. The molecular formula is C15H15NO2S. The summed E-state index contributed by atoms with van der Waals surface area (Å²) in [7, 11) is 1.61. The van der Waals surface area contributed by atoms with Crippen LogP contribution in [0.4, 0.5) is 0 Å². The molecule has 1 unspecified atom stereocenters. The van der Waals surface area contributed by atoms with Gasteiger partial charge < -0.3 is 4.74 Å². The highest BCUT2D eigenvalue weighted by atomic mass is 32.2. The van der Waals surface area contributed by atoms with Gasteiger partial charge in [-0.2, -0.15) is 0 Å². The van der Waals surface area contributed by atoms with Crippen LogP contribution >= 0.6 is 11.8 Å². The Morgan fingerprint density at radius 3 is 2.37 bits per heavy atom. The van der Waals surface area contributed by atoms with Crippen molar-refractivity contribution < 1.29 is 9.53 Å². The van der Waals surface area contributed by atoms with Crippen molar-refractivity contribution in [3.63, 3.8) is 0 Å². The molecule has 19 heavy (non-hydrogen) atoms.